The summed E-state index contributed by atoms with van der Waals surface area (Å²) in [6, 6.07) is 20.7. The van der Waals surface area contributed by atoms with Crippen molar-refractivity contribution in [1.82, 2.24) is 0 Å². The van der Waals surface area contributed by atoms with Crippen LogP contribution in [-0.4, -0.2) is 9.32 Å². The number of ether oxygens (including phenoxy) is 1. The molecule has 2 aromatic rings. The van der Waals surface area contributed by atoms with Gasteiger partial charge in [0.15, 0.2) is 0 Å². The van der Waals surface area contributed by atoms with Crippen LogP contribution >= 0.6 is 55.4 Å². The molecule has 1 nitrogen and oxygen atoms in total. The van der Waals surface area contributed by atoms with Gasteiger partial charge >= 0.3 is 0 Å². The number of alkyl halides is 2. The Balaban J connectivity index is 2.16. The smallest absolute Gasteiger partial charge is 0.131 e. The number of rotatable bonds is 8. The molecule has 0 radical (unpaired) electrons. The average molecular weight is 448 g/mol. The van der Waals surface area contributed by atoms with Crippen molar-refractivity contribution in [3.63, 3.8) is 0 Å². The molecule has 0 bridgehead atoms. The zero-order valence-corrected chi connectivity index (χ0v) is 16.1. The largest absolute Gasteiger partial charge is 0.344 e. The van der Waals surface area contributed by atoms with Crippen LogP contribution in [0.5, 0.6) is 0 Å². The molecule has 0 fully saturated rings. The monoisotopic (exact) mass is 446 g/mol. The van der Waals surface area contributed by atoms with Gasteiger partial charge in [0, 0.05) is 0 Å². The summed E-state index contributed by atoms with van der Waals surface area (Å²) in [5.74, 6) is 0. The first kappa shape index (κ1) is 17.4. The van der Waals surface area contributed by atoms with Crippen molar-refractivity contribution >= 4 is 55.4 Å². The predicted molar refractivity (Wildman–Crippen MR) is 102 cm³/mol. The van der Waals surface area contributed by atoms with E-state index < -0.39 is 0 Å². The molecule has 2 aromatic carbocycles. The molecule has 0 aromatic heterocycles. The van der Waals surface area contributed by atoms with Crippen LogP contribution in [0.15, 0.2) is 60.7 Å². The summed E-state index contributed by atoms with van der Waals surface area (Å²) >= 11 is 10.5. The normalized spacial score (nSPS) is 13.8. The van der Waals surface area contributed by atoms with Gasteiger partial charge in [0.25, 0.3) is 0 Å². The highest BCUT2D eigenvalue weighted by Gasteiger charge is 2.20. The molecule has 0 N–H and O–H groups in total. The Morgan fingerprint density at radius 1 is 0.714 bits per heavy atom. The van der Waals surface area contributed by atoms with Crippen molar-refractivity contribution in [3.05, 3.63) is 71.8 Å². The second kappa shape index (κ2) is 9.95. The van der Waals surface area contributed by atoms with Crippen LogP contribution in [0.1, 0.15) is 22.0 Å². The Hall–Kier alpha value is 0.0600. The van der Waals surface area contributed by atoms with Crippen molar-refractivity contribution in [1.29, 1.82) is 0 Å². The molecule has 112 valence electrons. The number of halogens is 2. The Kier molecular flexibility index (Phi) is 8.25. The first-order valence-corrected chi connectivity index (χ1v) is 10.8. The first-order valence-electron chi connectivity index (χ1n) is 6.45. The van der Waals surface area contributed by atoms with Crippen LogP contribution in [0.4, 0.5) is 0 Å². The van der Waals surface area contributed by atoms with Crippen molar-refractivity contribution in [3.8, 4) is 0 Å². The Morgan fingerprint density at radius 2 is 1.10 bits per heavy atom. The highest BCUT2D eigenvalue weighted by atomic mass is 79.9. The summed E-state index contributed by atoms with van der Waals surface area (Å²) in [5, 5.41) is 0. The fourth-order valence-electron chi connectivity index (χ4n) is 1.88. The molecule has 2 atom stereocenters. The lowest BCUT2D eigenvalue weighted by atomic mass is 10.2. The summed E-state index contributed by atoms with van der Waals surface area (Å²) in [6.07, 6.45) is 0. The minimum absolute atomic E-state index is 0.0160. The van der Waals surface area contributed by atoms with Gasteiger partial charge in [-0.2, -0.15) is 0 Å². The molecule has 0 saturated heterocycles. The lowest BCUT2D eigenvalue weighted by Crippen LogP contribution is -2.06. The molecule has 0 saturated carbocycles. The molecular formula is C16H16Br2OS2. The van der Waals surface area contributed by atoms with Gasteiger partial charge in [-0.3, -0.25) is 0 Å². The zero-order valence-electron chi connectivity index (χ0n) is 11.3. The van der Waals surface area contributed by atoms with Crippen molar-refractivity contribution in [2.75, 3.05) is 9.32 Å². The van der Waals surface area contributed by atoms with E-state index in [9.17, 15) is 0 Å². The third kappa shape index (κ3) is 5.64. The molecule has 2 rings (SSSR count). The maximum atomic E-state index is 6.37. The molecule has 2 unspecified atom stereocenters. The molecule has 5 heteroatoms. The fraction of sp³-hybridized carbons (Fsp3) is 0.250. The first-order chi connectivity index (χ1) is 10.3. The van der Waals surface area contributed by atoms with E-state index in [4.69, 9.17) is 4.74 Å². The van der Waals surface area contributed by atoms with Crippen LogP contribution in [0.3, 0.4) is 0 Å². The topological polar surface area (TPSA) is 9.23 Å². The van der Waals surface area contributed by atoms with Gasteiger partial charge in [0.1, 0.15) is 10.9 Å². The predicted octanol–water partition coefficient (Wildman–Crippen LogP) is 6.57. The minimum Gasteiger partial charge on any atom is -0.344 e. The van der Waals surface area contributed by atoms with Gasteiger partial charge in [0.05, 0.1) is 9.32 Å². The highest BCUT2D eigenvalue weighted by molar-refractivity contribution is 9.11. The molecule has 0 aliphatic rings. The Labute approximate surface area is 151 Å². The van der Waals surface area contributed by atoms with Crippen LogP contribution in [0.2, 0.25) is 0 Å². The summed E-state index contributed by atoms with van der Waals surface area (Å²) in [6.45, 7) is 0. The number of hydrogen-bond acceptors (Lipinski definition) is 3. The Morgan fingerprint density at radius 3 is 1.43 bits per heavy atom. The van der Waals surface area contributed by atoms with Gasteiger partial charge in [0.2, 0.25) is 0 Å². The Bertz CT molecular complexity index is 463. The molecule has 0 aliphatic heterocycles. The van der Waals surface area contributed by atoms with E-state index in [2.05, 4.69) is 80.4 Å². The van der Waals surface area contributed by atoms with E-state index in [1.54, 1.807) is 23.5 Å². The summed E-state index contributed by atoms with van der Waals surface area (Å²) in [5.41, 5.74) is 2.42. The van der Waals surface area contributed by atoms with E-state index in [1.165, 1.54) is 11.1 Å². The summed E-state index contributed by atoms with van der Waals surface area (Å²) < 4.78 is 8.05. The van der Waals surface area contributed by atoms with E-state index in [1.807, 2.05) is 12.1 Å². The molecule has 0 heterocycles. The molecule has 21 heavy (non-hydrogen) atoms. The van der Waals surface area contributed by atoms with Crippen molar-refractivity contribution in [2.24, 2.45) is 0 Å². The van der Waals surface area contributed by atoms with Gasteiger partial charge in [-0.1, -0.05) is 92.5 Å². The lowest BCUT2D eigenvalue weighted by Gasteiger charge is -2.24. The summed E-state index contributed by atoms with van der Waals surface area (Å²) in [7, 11) is 0. The molecule has 0 amide bonds. The van der Waals surface area contributed by atoms with Crippen LogP contribution in [-0.2, 0) is 4.74 Å². The van der Waals surface area contributed by atoms with Crippen LogP contribution in [0.25, 0.3) is 0 Å². The number of hydrogen-bond donors (Lipinski definition) is 0. The van der Waals surface area contributed by atoms with E-state index in [0.717, 1.165) is 9.32 Å². The highest BCUT2D eigenvalue weighted by Crippen LogP contribution is 2.41. The number of benzene rings is 2. The maximum Gasteiger partial charge on any atom is 0.131 e. The average Bonchev–Trinajstić information content (AvgIpc) is 2.55. The van der Waals surface area contributed by atoms with Gasteiger partial charge in [-0.05, 0) is 11.1 Å². The quantitative estimate of drug-likeness (QED) is 0.334. The van der Waals surface area contributed by atoms with Crippen LogP contribution in [0, 0.1) is 0 Å². The minimum atomic E-state index is 0.0160. The van der Waals surface area contributed by atoms with Crippen LogP contribution < -0.4 is 0 Å². The summed E-state index contributed by atoms with van der Waals surface area (Å²) in [4.78, 5) is 0. The molecule has 0 aliphatic carbocycles. The molecule has 0 spiro atoms. The third-order valence-corrected chi connectivity index (χ3v) is 6.03. The maximum absolute atomic E-state index is 6.37. The standard InChI is InChI=1S/C16H16Br2OS2/c17-11-20-15(13-7-3-1-4-8-13)19-16(21-12-18)14-9-5-2-6-10-14/h1-10,15-16H,11-12H2. The van der Waals surface area contributed by atoms with Gasteiger partial charge in [-0.15, -0.1) is 23.5 Å². The zero-order chi connectivity index (χ0) is 14.9. The second-order valence-electron chi connectivity index (χ2n) is 4.17. The van der Waals surface area contributed by atoms with Gasteiger partial charge < -0.3 is 4.74 Å². The molecular weight excluding hydrogens is 432 g/mol. The van der Waals surface area contributed by atoms with Crippen molar-refractivity contribution in [2.45, 2.75) is 10.9 Å². The second-order valence-corrected chi connectivity index (χ2v) is 8.88. The third-order valence-electron chi connectivity index (χ3n) is 2.82. The lowest BCUT2D eigenvalue weighted by molar-refractivity contribution is 0.0924. The SMILES string of the molecule is BrCSC(OC(SCBr)c1ccccc1)c1ccccc1. The van der Waals surface area contributed by atoms with E-state index in [-0.39, 0.29) is 10.9 Å². The van der Waals surface area contributed by atoms with E-state index in [0.29, 0.717) is 0 Å². The van der Waals surface area contributed by atoms with E-state index >= 15 is 0 Å². The number of thioether (sulfide) groups is 2. The van der Waals surface area contributed by atoms with Crippen molar-refractivity contribution < 1.29 is 4.74 Å². The van der Waals surface area contributed by atoms with Gasteiger partial charge in [-0.25, -0.2) is 0 Å². The fourth-order valence-corrected chi connectivity index (χ4v) is 4.69.